The Bertz CT molecular complexity index is 1100. The minimum Gasteiger partial charge on any atom is -0.394 e. The second-order valence-corrected chi connectivity index (χ2v) is 23.1. The summed E-state index contributed by atoms with van der Waals surface area (Å²) in [5, 5.41) is 12.9. The van der Waals surface area contributed by atoms with Crippen molar-refractivity contribution in [2.24, 2.45) is 0 Å². The van der Waals surface area contributed by atoms with Crippen LogP contribution < -0.4 is 5.32 Å². The van der Waals surface area contributed by atoms with Crippen molar-refractivity contribution in [3.8, 4) is 0 Å². The second kappa shape index (κ2) is 63.9. The van der Waals surface area contributed by atoms with Crippen LogP contribution in [0.3, 0.4) is 0 Å². The first kappa shape index (κ1) is 70.6. The summed E-state index contributed by atoms with van der Waals surface area (Å²) in [6, 6.07) is -0.0604. The molecule has 0 rings (SSSR count). The number of unbranched alkanes of at least 4 members (excludes halogenated alkanes) is 49. The third-order valence-corrected chi connectivity index (χ3v) is 15.8. The Labute approximate surface area is 452 Å². The van der Waals surface area contributed by atoms with Crippen molar-refractivity contribution in [3.05, 3.63) is 24.3 Å². The fourth-order valence-electron chi connectivity index (χ4n) is 10.7. The number of hydrogen-bond donors (Lipinski definition) is 2. The molecule has 0 heterocycles. The molecular weight excluding hydrogens is 879 g/mol. The molecule has 0 bridgehead atoms. The summed E-state index contributed by atoms with van der Waals surface area (Å²) in [6.45, 7) is 4.62. The van der Waals surface area contributed by atoms with Crippen molar-refractivity contribution in [1.29, 1.82) is 0 Å². The summed E-state index contributed by atoms with van der Waals surface area (Å²) >= 11 is 0. The van der Waals surface area contributed by atoms with Gasteiger partial charge in [0.2, 0.25) is 5.91 Å². The summed E-state index contributed by atoms with van der Waals surface area (Å²) in [7, 11) is 0. The Morgan fingerprint density at radius 1 is 0.319 bits per heavy atom. The van der Waals surface area contributed by atoms with Crippen LogP contribution >= 0.6 is 0 Å². The van der Waals surface area contributed by atoms with Gasteiger partial charge in [-0.2, -0.15) is 0 Å². The van der Waals surface area contributed by atoms with E-state index in [-0.39, 0.29) is 18.6 Å². The lowest BCUT2D eigenvalue weighted by atomic mass is 10.0. The van der Waals surface area contributed by atoms with Crippen LogP contribution in [0.2, 0.25) is 0 Å². The summed E-state index contributed by atoms with van der Waals surface area (Å²) < 4.78 is 0. The number of aliphatic hydroxyl groups excluding tert-OH is 1. The molecular formula is C68H131NO3. The van der Waals surface area contributed by atoms with Gasteiger partial charge in [0.05, 0.1) is 12.6 Å². The summed E-state index contributed by atoms with van der Waals surface area (Å²) in [6.07, 6.45) is 84.8. The predicted molar refractivity (Wildman–Crippen MR) is 321 cm³/mol. The van der Waals surface area contributed by atoms with Crippen LogP contribution in [-0.2, 0) is 9.59 Å². The highest BCUT2D eigenvalue weighted by molar-refractivity contribution is 5.78. The lowest BCUT2D eigenvalue weighted by molar-refractivity contribution is -0.122. The molecule has 0 saturated carbocycles. The Balaban J connectivity index is 3.30. The lowest BCUT2D eigenvalue weighted by Gasteiger charge is -2.16. The maximum atomic E-state index is 12.5. The average Bonchev–Trinajstić information content (AvgIpc) is 3.38. The van der Waals surface area contributed by atoms with E-state index < -0.39 is 0 Å². The zero-order valence-corrected chi connectivity index (χ0v) is 49.4. The molecule has 0 aliphatic carbocycles. The number of hydrogen-bond acceptors (Lipinski definition) is 3. The third kappa shape index (κ3) is 61.1. The number of rotatable bonds is 63. The maximum absolute atomic E-state index is 12.5. The number of nitrogens with one attached hydrogen (secondary N) is 1. The zero-order chi connectivity index (χ0) is 52.0. The van der Waals surface area contributed by atoms with Crippen molar-refractivity contribution >= 4 is 11.7 Å². The predicted octanol–water partition coefficient (Wildman–Crippen LogP) is 22.8. The number of ketones is 1. The van der Waals surface area contributed by atoms with Crippen LogP contribution in [0.1, 0.15) is 386 Å². The van der Waals surface area contributed by atoms with Crippen LogP contribution in [0.4, 0.5) is 0 Å². The van der Waals surface area contributed by atoms with E-state index >= 15 is 0 Å². The Kier molecular flexibility index (Phi) is 62.6. The van der Waals surface area contributed by atoms with Crippen molar-refractivity contribution in [1.82, 2.24) is 5.32 Å². The van der Waals surface area contributed by atoms with E-state index in [1.165, 1.54) is 308 Å². The van der Waals surface area contributed by atoms with Crippen LogP contribution in [0.5, 0.6) is 0 Å². The number of Topliss-reactive ketones (excluding diaryl/α,β-unsaturated/α-hetero) is 1. The van der Waals surface area contributed by atoms with Crippen molar-refractivity contribution in [2.75, 3.05) is 6.61 Å². The normalized spacial score (nSPS) is 12.3. The number of carbonyl (C=O) groups is 2. The van der Waals surface area contributed by atoms with E-state index in [0.717, 1.165) is 57.8 Å². The SMILES string of the molecule is CCCCC/C=C\C/C=C\CCCCCCCC(=O)CCCCCCCCCCCCCCCCCCCCCCCCCCCCCC(=O)N[C@H](CO)CCCCCCCCCCCCCCCCCC. The first-order chi connectivity index (χ1) is 35.6. The van der Waals surface area contributed by atoms with E-state index in [2.05, 4.69) is 43.5 Å². The highest BCUT2D eigenvalue weighted by Crippen LogP contribution is 2.19. The summed E-state index contributed by atoms with van der Waals surface area (Å²) in [4.78, 5) is 24.7. The minimum absolute atomic E-state index is 0.0604. The highest BCUT2D eigenvalue weighted by atomic mass is 16.3. The molecule has 426 valence electrons. The Morgan fingerprint density at radius 2 is 0.569 bits per heavy atom. The molecule has 0 fully saturated rings. The molecule has 4 heteroatoms. The number of amides is 1. The fraction of sp³-hybridized carbons (Fsp3) is 0.912. The molecule has 0 aliphatic heterocycles. The molecule has 0 spiro atoms. The molecule has 72 heavy (non-hydrogen) atoms. The van der Waals surface area contributed by atoms with Gasteiger partial charge in [-0.3, -0.25) is 9.59 Å². The van der Waals surface area contributed by atoms with Gasteiger partial charge in [-0.25, -0.2) is 0 Å². The molecule has 2 N–H and O–H groups in total. The molecule has 0 aromatic rings. The zero-order valence-electron chi connectivity index (χ0n) is 49.4. The standard InChI is InChI=1S/C68H131NO3/c1-3-5-7-9-11-13-15-17-19-34-37-41-45-49-53-57-61-66(65-70)69-68(72)64-60-56-52-48-44-40-36-32-30-28-26-24-22-20-21-23-25-27-29-31-35-39-43-47-51-55-59-63-67(71)62-58-54-50-46-42-38-33-18-16-14-12-10-8-6-4-2/h12,14,18,33,66,70H,3-11,13,15-17,19-32,34-65H2,1-2H3,(H,69,72)/b14-12-,33-18-/t66-/m0/s1. The van der Waals surface area contributed by atoms with E-state index in [0.29, 0.717) is 12.2 Å². The van der Waals surface area contributed by atoms with Crippen molar-refractivity contribution in [2.45, 2.75) is 392 Å². The van der Waals surface area contributed by atoms with Gasteiger partial charge in [0.25, 0.3) is 0 Å². The fourth-order valence-corrected chi connectivity index (χ4v) is 10.7. The minimum atomic E-state index is -0.0604. The molecule has 1 atom stereocenters. The molecule has 0 aliphatic rings. The molecule has 4 nitrogen and oxygen atoms in total. The molecule has 1 amide bonds. The van der Waals surface area contributed by atoms with Gasteiger partial charge in [0.15, 0.2) is 0 Å². The van der Waals surface area contributed by atoms with Gasteiger partial charge in [-0.1, -0.05) is 334 Å². The quantitative estimate of drug-likeness (QED) is 0.0471. The lowest BCUT2D eigenvalue weighted by Crippen LogP contribution is -2.37. The third-order valence-electron chi connectivity index (χ3n) is 15.8. The van der Waals surface area contributed by atoms with Gasteiger partial charge >= 0.3 is 0 Å². The molecule has 0 saturated heterocycles. The van der Waals surface area contributed by atoms with Crippen molar-refractivity contribution in [3.63, 3.8) is 0 Å². The van der Waals surface area contributed by atoms with Crippen LogP contribution in [0.25, 0.3) is 0 Å². The summed E-state index contributed by atoms with van der Waals surface area (Å²) in [5.74, 6) is 0.642. The molecule has 0 aromatic carbocycles. The first-order valence-corrected chi connectivity index (χ1v) is 33.4. The van der Waals surface area contributed by atoms with Crippen molar-refractivity contribution < 1.29 is 14.7 Å². The summed E-state index contributed by atoms with van der Waals surface area (Å²) in [5.41, 5.74) is 0. The van der Waals surface area contributed by atoms with E-state index in [4.69, 9.17) is 0 Å². The van der Waals surface area contributed by atoms with E-state index in [1.807, 2.05) is 0 Å². The molecule has 0 unspecified atom stereocenters. The van der Waals surface area contributed by atoms with Crippen LogP contribution in [0.15, 0.2) is 24.3 Å². The maximum Gasteiger partial charge on any atom is 0.220 e. The Morgan fingerprint density at radius 3 is 0.889 bits per heavy atom. The van der Waals surface area contributed by atoms with E-state index in [1.54, 1.807) is 0 Å². The first-order valence-electron chi connectivity index (χ1n) is 33.4. The van der Waals surface area contributed by atoms with Gasteiger partial charge in [-0.15, -0.1) is 0 Å². The number of aliphatic hydroxyl groups is 1. The molecule has 0 aromatic heterocycles. The van der Waals surface area contributed by atoms with Crippen LogP contribution in [-0.4, -0.2) is 29.4 Å². The van der Waals surface area contributed by atoms with Gasteiger partial charge < -0.3 is 10.4 Å². The van der Waals surface area contributed by atoms with Gasteiger partial charge in [0.1, 0.15) is 5.78 Å². The monoisotopic (exact) mass is 1010 g/mol. The largest absolute Gasteiger partial charge is 0.394 e. The van der Waals surface area contributed by atoms with E-state index in [9.17, 15) is 14.7 Å². The van der Waals surface area contributed by atoms with Gasteiger partial charge in [0, 0.05) is 19.3 Å². The van der Waals surface area contributed by atoms with Crippen LogP contribution in [0, 0.1) is 0 Å². The second-order valence-electron chi connectivity index (χ2n) is 23.1. The number of allylic oxidation sites excluding steroid dienone is 4. The average molecular weight is 1010 g/mol. The number of carbonyl (C=O) groups excluding carboxylic acids is 2. The highest BCUT2D eigenvalue weighted by Gasteiger charge is 2.11. The molecule has 0 radical (unpaired) electrons. The Hall–Kier alpha value is -1.42. The van der Waals surface area contributed by atoms with Gasteiger partial charge in [-0.05, 0) is 57.8 Å². The topological polar surface area (TPSA) is 66.4 Å². The smallest absolute Gasteiger partial charge is 0.220 e.